The molecule has 1 N–H and O–H groups in total. The molecule has 0 fully saturated rings. The van der Waals surface area contributed by atoms with Crippen LogP contribution in [0.15, 0.2) is 12.1 Å². The van der Waals surface area contributed by atoms with Gasteiger partial charge < -0.3 is 19.5 Å². The van der Waals surface area contributed by atoms with E-state index in [1.807, 2.05) is 32.9 Å². The standard InChI is InChI=1S/C15H23NO4/c1-6-11(3)16-14(17)9-20-15-12(18-4)7-10(2)8-13(15)19-5/h7-8,11H,6,9H2,1-5H3,(H,16,17)/t11-/m1/s1. The lowest BCUT2D eigenvalue weighted by Gasteiger charge is -2.16. The number of rotatable bonds is 7. The predicted molar refractivity (Wildman–Crippen MR) is 77.7 cm³/mol. The molecule has 5 nitrogen and oxygen atoms in total. The summed E-state index contributed by atoms with van der Waals surface area (Å²) in [6.45, 7) is 5.83. The van der Waals surface area contributed by atoms with Gasteiger partial charge in [0.15, 0.2) is 18.1 Å². The van der Waals surface area contributed by atoms with Crippen molar-refractivity contribution in [1.82, 2.24) is 5.32 Å². The molecule has 0 bridgehead atoms. The summed E-state index contributed by atoms with van der Waals surface area (Å²) in [6.07, 6.45) is 0.878. The summed E-state index contributed by atoms with van der Waals surface area (Å²) >= 11 is 0. The molecule has 0 heterocycles. The Bertz CT molecular complexity index is 434. The van der Waals surface area contributed by atoms with Gasteiger partial charge in [-0.1, -0.05) is 6.92 Å². The molecule has 1 aromatic rings. The Labute approximate surface area is 120 Å². The fourth-order valence-corrected chi connectivity index (χ4v) is 1.71. The number of carbonyl (C=O) groups excluding carboxylic acids is 1. The number of nitrogens with one attached hydrogen (secondary N) is 1. The summed E-state index contributed by atoms with van der Waals surface area (Å²) in [5.41, 5.74) is 0.995. The van der Waals surface area contributed by atoms with Crippen molar-refractivity contribution < 1.29 is 19.0 Å². The lowest BCUT2D eigenvalue weighted by atomic mass is 10.2. The maximum atomic E-state index is 11.7. The number of amides is 1. The lowest BCUT2D eigenvalue weighted by Crippen LogP contribution is -2.35. The number of ether oxygens (including phenoxy) is 3. The maximum Gasteiger partial charge on any atom is 0.258 e. The Morgan fingerprint density at radius 2 is 1.80 bits per heavy atom. The highest BCUT2D eigenvalue weighted by atomic mass is 16.5. The van der Waals surface area contributed by atoms with E-state index >= 15 is 0 Å². The van der Waals surface area contributed by atoms with Gasteiger partial charge >= 0.3 is 0 Å². The Morgan fingerprint density at radius 3 is 2.25 bits per heavy atom. The molecule has 0 radical (unpaired) electrons. The molecule has 0 aromatic heterocycles. The third-order valence-corrected chi connectivity index (χ3v) is 2.97. The third kappa shape index (κ3) is 4.33. The van der Waals surface area contributed by atoms with E-state index in [-0.39, 0.29) is 18.6 Å². The van der Waals surface area contributed by atoms with Crippen LogP contribution in [-0.2, 0) is 4.79 Å². The molecular formula is C15H23NO4. The second kappa shape index (κ2) is 7.62. The van der Waals surface area contributed by atoms with Gasteiger partial charge in [-0.25, -0.2) is 0 Å². The van der Waals surface area contributed by atoms with Crippen molar-refractivity contribution in [2.45, 2.75) is 33.2 Å². The molecule has 112 valence electrons. The fraction of sp³-hybridized carbons (Fsp3) is 0.533. The van der Waals surface area contributed by atoms with E-state index in [1.54, 1.807) is 14.2 Å². The molecule has 1 atom stereocenters. The van der Waals surface area contributed by atoms with Crippen LogP contribution < -0.4 is 19.5 Å². The Morgan fingerprint density at radius 1 is 1.25 bits per heavy atom. The van der Waals surface area contributed by atoms with E-state index in [0.717, 1.165) is 12.0 Å². The smallest absolute Gasteiger partial charge is 0.258 e. The molecule has 1 amide bonds. The van der Waals surface area contributed by atoms with E-state index in [2.05, 4.69) is 5.32 Å². The largest absolute Gasteiger partial charge is 0.493 e. The third-order valence-electron chi connectivity index (χ3n) is 2.97. The zero-order chi connectivity index (χ0) is 15.1. The Kier molecular flexibility index (Phi) is 6.15. The predicted octanol–water partition coefficient (Wildman–Crippen LogP) is 2.31. The van der Waals surface area contributed by atoms with E-state index in [0.29, 0.717) is 17.2 Å². The summed E-state index contributed by atoms with van der Waals surface area (Å²) in [5, 5.41) is 2.84. The minimum atomic E-state index is -0.163. The number of hydrogen-bond acceptors (Lipinski definition) is 4. The monoisotopic (exact) mass is 281 g/mol. The fourth-order valence-electron chi connectivity index (χ4n) is 1.71. The maximum absolute atomic E-state index is 11.7. The van der Waals surface area contributed by atoms with Gasteiger partial charge in [0.25, 0.3) is 5.91 Å². The van der Waals surface area contributed by atoms with Gasteiger partial charge in [0, 0.05) is 6.04 Å². The van der Waals surface area contributed by atoms with E-state index in [1.165, 1.54) is 0 Å². The first-order valence-electron chi connectivity index (χ1n) is 6.66. The Balaban J connectivity index is 2.78. The van der Waals surface area contributed by atoms with Crippen LogP contribution in [0.5, 0.6) is 17.2 Å². The molecule has 0 aliphatic heterocycles. The molecule has 5 heteroatoms. The average Bonchev–Trinajstić information content (AvgIpc) is 2.44. The second-order valence-corrected chi connectivity index (χ2v) is 4.66. The van der Waals surface area contributed by atoms with Crippen LogP contribution >= 0.6 is 0 Å². The van der Waals surface area contributed by atoms with Gasteiger partial charge in [0.1, 0.15) is 0 Å². The van der Waals surface area contributed by atoms with Crippen molar-refractivity contribution >= 4 is 5.91 Å². The van der Waals surface area contributed by atoms with Crippen molar-refractivity contribution in [3.05, 3.63) is 17.7 Å². The summed E-state index contributed by atoms with van der Waals surface area (Å²) in [5.74, 6) is 1.39. The first-order chi connectivity index (χ1) is 9.51. The summed E-state index contributed by atoms with van der Waals surface area (Å²) in [7, 11) is 3.11. The van der Waals surface area contributed by atoms with Crippen LogP contribution in [0.4, 0.5) is 0 Å². The molecule has 0 spiro atoms. The van der Waals surface area contributed by atoms with Crippen LogP contribution in [0, 0.1) is 6.92 Å². The van der Waals surface area contributed by atoms with Gasteiger partial charge in [-0.2, -0.15) is 0 Å². The first-order valence-corrected chi connectivity index (χ1v) is 6.66. The van der Waals surface area contributed by atoms with Crippen LogP contribution in [0.25, 0.3) is 0 Å². The minimum Gasteiger partial charge on any atom is -0.493 e. The molecule has 1 rings (SSSR count). The molecule has 1 aromatic carbocycles. The van der Waals surface area contributed by atoms with Crippen molar-refractivity contribution in [3.63, 3.8) is 0 Å². The van der Waals surface area contributed by atoms with Gasteiger partial charge in [0.2, 0.25) is 5.75 Å². The van der Waals surface area contributed by atoms with Crippen molar-refractivity contribution in [1.29, 1.82) is 0 Å². The first kappa shape index (κ1) is 16.1. The second-order valence-electron chi connectivity index (χ2n) is 4.66. The molecule has 0 aliphatic carbocycles. The van der Waals surface area contributed by atoms with E-state index in [4.69, 9.17) is 14.2 Å². The quantitative estimate of drug-likeness (QED) is 0.833. The van der Waals surface area contributed by atoms with Crippen molar-refractivity contribution in [2.75, 3.05) is 20.8 Å². The SMILES string of the molecule is CC[C@@H](C)NC(=O)COc1c(OC)cc(C)cc1OC. The summed E-state index contributed by atoms with van der Waals surface area (Å²) in [6, 6.07) is 3.81. The zero-order valence-corrected chi connectivity index (χ0v) is 12.8. The van der Waals surface area contributed by atoms with E-state index < -0.39 is 0 Å². The van der Waals surface area contributed by atoms with Gasteiger partial charge in [-0.05, 0) is 38.0 Å². The Hall–Kier alpha value is -1.91. The van der Waals surface area contributed by atoms with E-state index in [9.17, 15) is 4.79 Å². The van der Waals surface area contributed by atoms with Crippen LogP contribution in [0.1, 0.15) is 25.8 Å². The highest BCUT2D eigenvalue weighted by molar-refractivity contribution is 5.78. The number of aryl methyl sites for hydroxylation is 1. The van der Waals surface area contributed by atoms with Crippen molar-refractivity contribution in [2.24, 2.45) is 0 Å². The average molecular weight is 281 g/mol. The number of methoxy groups -OCH3 is 2. The normalized spacial score (nSPS) is 11.7. The molecule has 0 aliphatic rings. The number of carbonyl (C=O) groups is 1. The van der Waals surface area contributed by atoms with Crippen LogP contribution in [0.2, 0.25) is 0 Å². The van der Waals surface area contributed by atoms with Crippen molar-refractivity contribution in [3.8, 4) is 17.2 Å². The topological polar surface area (TPSA) is 56.8 Å². The van der Waals surface area contributed by atoms with Gasteiger partial charge in [-0.15, -0.1) is 0 Å². The number of hydrogen-bond donors (Lipinski definition) is 1. The number of benzene rings is 1. The molecule has 0 saturated heterocycles. The highest BCUT2D eigenvalue weighted by Crippen LogP contribution is 2.38. The zero-order valence-electron chi connectivity index (χ0n) is 12.8. The van der Waals surface area contributed by atoms with Gasteiger partial charge in [0.05, 0.1) is 14.2 Å². The van der Waals surface area contributed by atoms with Crippen LogP contribution in [-0.4, -0.2) is 32.8 Å². The molecule has 20 heavy (non-hydrogen) atoms. The van der Waals surface area contributed by atoms with Crippen LogP contribution in [0.3, 0.4) is 0 Å². The lowest BCUT2D eigenvalue weighted by molar-refractivity contribution is -0.123. The summed E-state index contributed by atoms with van der Waals surface area (Å²) < 4.78 is 16.1. The molecular weight excluding hydrogens is 258 g/mol. The van der Waals surface area contributed by atoms with Gasteiger partial charge in [-0.3, -0.25) is 4.79 Å². The molecule has 0 unspecified atom stereocenters. The molecule has 0 saturated carbocycles. The highest BCUT2D eigenvalue weighted by Gasteiger charge is 2.15. The minimum absolute atomic E-state index is 0.0693. The summed E-state index contributed by atoms with van der Waals surface area (Å²) in [4.78, 5) is 11.7.